The molecule has 3 nitrogen and oxygen atoms in total. The minimum absolute atomic E-state index is 0.0952. The highest BCUT2D eigenvalue weighted by molar-refractivity contribution is 9.09. The Hall–Kier alpha value is -1.16. The fourth-order valence-electron chi connectivity index (χ4n) is 2.42. The summed E-state index contributed by atoms with van der Waals surface area (Å²) in [7, 11) is 0. The number of rotatable bonds is 0. The topological polar surface area (TPSA) is 34.9 Å². The fourth-order valence-corrected chi connectivity index (χ4v) is 3.09. The van der Waals surface area contributed by atoms with Gasteiger partial charge < -0.3 is 0 Å². The van der Waals surface area contributed by atoms with Crippen molar-refractivity contribution in [3.05, 3.63) is 39.9 Å². The van der Waals surface area contributed by atoms with Gasteiger partial charge in [-0.15, -0.1) is 0 Å². The number of nitrogens with zero attached hydrogens (tertiary/aromatic N) is 2. The molecule has 0 amide bonds. The van der Waals surface area contributed by atoms with Crippen LogP contribution in [-0.4, -0.2) is 9.55 Å². The zero-order chi connectivity index (χ0) is 12.0. The van der Waals surface area contributed by atoms with Crippen LogP contribution in [0.5, 0.6) is 0 Å². The molecule has 0 spiro atoms. The lowest BCUT2D eigenvalue weighted by Gasteiger charge is -2.22. The summed E-state index contributed by atoms with van der Waals surface area (Å²) < 4.78 is 1.81. The van der Waals surface area contributed by atoms with E-state index in [-0.39, 0.29) is 10.4 Å². The van der Waals surface area contributed by atoms with Gasteiger partial charge in [0.1, 0.15) is 5.82 Å². The van der Waals surface area contributed by atoms with E-state index in [0.29, 0.717) is 0 Å². The normalized spacial score (nSPS) is 19.3. The number of para-hydroxylation sites is 1. The van der Waals surface area contributed by atoms with E-state index in [4.69, 9.17) is 0 Å². The van der Waals surface area contributed by atoms with Gasteiger partial charge in [-0.1, -0.05) is 28.1 Å². The second kappa shape index (κ2) is 3.95. The standard InChI is InChI=1S/C13H13BrN2O/c1-8-4-2-5-9-11(8)15-12-10(14)6-3-7-16(12)13(9)17/h2,4-5,10H,3,6-7H2,1H3. The maximum atomic E-state index is 12.4. The summed E-state index contributed by atoms with van der Waals surface area (Å²) in [5.74, 6) is 0.878. The van der Waals surface area contributed by atoms with Gasteiger partial charge in [-0.25, -0.2) is 4.98 Å². The molecule has 0 aliphatic carbocycles. The molecule has 1 aliphatic rings. The maximum Gasteiger partial charge on any atom is 0.261 e. The number of fused-ring (bicyclic) bond motifs is 2. The first-order chi connectivity index (χ1) is 8.18. The number of aromatic nitrogens is 2. The molecule has 0 radical (unpaired) electrons. The third-order valence-corrected chi connectivity index (χ3v) is 4.20. The molecule has 1 aromatic carbocycles. The number of hydrogen-bond donors (Lipinski definition) is 0. The van der Waals surface area contributed by atoms with Gasteiger partial charge in [0.25, 0.3) is 5.56 Å². The van der Waals surface area contributed by atoms with E-state index in [2.05, 4.69) is 20.9 Å². The average Bonchev–Trinajstić information content (AvgIpc) is 2.32. The first kappa shape index (κ1) is 11.0. The molecule has 0 saturated carbocycles. The van der Waals surface area contributed by atoms with Crippen LogP contribution >= 0.6 is 15.9 Å². The zero-order valence-electron chi connectivity index (χ0n) is 9.61. The molecule has 1 unspecified atom stereocenters. The largest absolute Gasteiger partial charge is 0.295 e. The Labute approximate surface area is 108 Å². The average molecular weight is 293 g/mol. The lowest BCUT2D eigenvalue weighted by molar-refractivity contribution is 0.498. The van der Waals surface area contributed by atoms with Crippen LogP contribution in [0.4, 0.5) is 0 Å². The second-order valence-electron chi connectivity index (χ2n) is 4.51. The molecule has 2 aromatic rings. The molecule has 1 aliphatic heterocycles. The SMILES string of the molecule is Cc1cccc2c(=O)n3c(nc12)C(Br)CCC3. The fraction of sp³-hybridized carbons (Fsp3) is 0.385. The van der Waals surface area contributed by atoms with E-state index in [1.54, 1.807) is 0 Å². The Balaban J connectivity index is 2.44. The number of halogens is 1. The van der Waals surface area contributed by atoms with Crippen molar-refractivity contribution in [2.75, 3.05) is 0 Å². The first-order valence-corrected chi connectivity index (χ1v) is 6.74. The molecular weight excluding hydrogens is 280 g/mol. The Kier molecular flexibility index (Phi) is 2.54. The predicted octanol–water partition coefficient (Wildman–Crippen LogP) is 2.93. The predicted molar refractivity (Wildman–Crippen MR) is 71.6 cm³/mol. The highest BCUT2D eigenvalue weighted by Gasteiger charge is 2.21. The van der Waals surface area contributed by atoms with Gasteiger partial charge in [0.15, 0.2) is 0 Å². The van der Waals surface area contributed by atoms with Crippen molar-refractivity contribution in [1.29, 1.82) is 0 Å². The Morgan fingerprint density at radius 3 is 3.12 bits per heavy atom. The molecular formula is C13H13BrN2O. The zero-order valence-corrected chi connectivity index (χ0v) is 11.2. The van der Waals surface area contributed by atoms with Crippen molar-refractivity contribution in [3.8, 4) is 0 Å². The molecule has 1 aromatic heterocycles. The minimum atomic E-state index is 0.0952. The summed E-state index contributed by atoms with van der Waals surface area (Å²) in [5.41, 5.74) is 2.00. The van der Waals surface area contributed by atoms with E-state index in [9.17, 15) is 4.79 Å². The van der Waals surface area contributed by atoms with E-state index in [0.717, 1.165) is 41.7 Å². The number of aryl methyl sites for hydroxylation is 1. The lowest BCUT2D eigenvalue weighted by atomic mass is 10.1. The van der Waals surface area contributed by atoms with Gasteiger partial charge in [0, 0.05) is 6.54 Å². The van der Waals surface area contributed by atoms with Gasteiger partial charge in [0.2, 0.25) is 0 Å². The van der Waals surface area contributed by atoms with E-state index in [1.807, 2.05) is 29.7 Å². The van der Waals surface area contributed by atoms with Gasteiger partial charge in [-0.05, 0) is 31.4 Å². The van der Waals surface area contributed by atoms with Crippen LogP contribution < -0.4 is 5.56 Å². The third kappa shape index (κ3) is 1.62. The summed E-state index contributed by atoms with van der Waals surface area (Å²) in [6.45, 7) is 2.78. The Morgan fingerprint density at radius 2 is 2.29 bits per heavy atom. The van der Waals surface area contributed by atoms with Crippen LogP contribution in [0.1, 0.15) is 29.1 Å². The van der Waals surface area contributed by atoms with Crippen molar-refractivity contribution in [3.63, 3.8) is 0 Å². The van der Waals surface area contributed by atoms with Crippen molar-refractivity contribution in [2.45, 2.75) is 31.1 Å². The first-order valence-electron chi connectivity index (χ1n) is 5.82. The highest BCUT2D eigenvalue weighted by atomic mass is 79.9. The molecule has 1 atom stereocenters. The lowest BCUT2D eigenvalue weighted by Crippen LogP contribution is -2.29. The molecule has 4 heteroatoms. The summed E-state index contributed by atoms with van der Waals surface area (Å²) in [6, 6.07) is 5.78. The Morgan fingerprint density at radius 1 is 1.47 bits per heavy atom. The monoisotopic (exact) mass is 292 g/mol. The molecule has 0 bridgehead atoms. The number of alkyl halides is 1. The van der Waals surface area contributed by atoms with Crippen LogP contribution in [0.15, 0.2) is 23.0 Å². The van der Waals surface area contributed by atoms with Crippen LogP contribution in [-0.2, 0) is 6.54 Å². The molecule has 17 heavy (non-hydrogen) atoms. The van der Waals surface area contributed by atoms with E-state index in [1.165, 1.54) is 0 Å². The molecule has 0 saturated heterocycles. The van der Waals surface area contributed by atoms with Crippen LogP contribution in [0.25, 0.3) is 10.9 Å². The summed E-state index contributed by atoms with van der Waals surface area (Å²) in [5, 5.41) is 0.732. The van der Waals surface area contributed by atoms with E-state index < -0.39 is 0 Å². The molecule has 2 heterocycles. The minimum Gasteiger partial charge on any atom is -0.295 e. The molecule has 88 valence electrons. The smallest absolute Gasteiger partial charge is 0.261 e. The van der Waals surface area contributed by atoms with Crippen molar-refractivity contribution in [1.82, 2.24) is 9.55 Å². The Bertz CT molecular complexity index is 648. The second-order valence-corrected chi connectivity index (χ2v) is 5.61. The van der Waals surface area contributed by atoms with Crippen LogP contribution in [0.2, 0.25) is 0 Å². The van der Waals surface area contributed by atoms with Crippen molar-refractivity contribution < 1.29 is 0 Å². The molecule has 0 N–H and O–H groups in total. The third-order valence-electron chi connectivity index (χ3n) is 3.34. The van der Waals surface area contributed by atoms with Crippen molar-refractivity contribution in [2.24, 2.45) is 0 Å². The summed E-state index contributed by atoms with van der Waals surface area (Å²) >= 11 is 3.61. The van der Waals surface area contributed by atoms with Gasteiger partial charge >= 0.3 is 0 Å². The van der Waals surface area contributed by atoms with Gasteiger partial charge in [-0.2, -0.15) is 0 Å². The van der Waals surface area contributed by atoms with E-state index >= 15 is 0 Å². The number of benzene rings is 1. The van der Waals surface area contributed by atoms with Crippen LogP contribution in [0, 0.1) is 6.92 Å². The molecule has 3 rings (SSSR count). The maximum absolute atomic E-state index is 12.4. The number of hydrogen-bond acceptors (Lipinski definition) is 2. The quantitative estimate of drug-likeness (QED) is 0.700. The summed E-state index contributed by atoms with van der Waals surface area (Å²) in [4.78, 5) is 17.2. The van der Waals surface area contributed by atoms with Gasteiger partial charge in [-0.3, -0.25) is 9.36 Å². The van der Waals surface area contributed by atoms with Crippen LogP contribution in [0.3, 0.4) is 0 Å². The van der Waals surface area contributed by atoms with Crippen molar-refractivity contribution >= 4 is 26.8 Å². The molecule has 0 fully saturated rings. The highest BCUT2D eigenvalue weighted by Crippen LogP contribution is 2.30. The summed E-state index contributed by atoms with van der Waals surface area (Å²) in [6.07, 6.45) is 2.08. The van der Waals surface area contributed by atoms with Gasteiger partial charge in [0.05, 0.1) is 15.7 Å².